The number of halogens is 3. The van der Waals surface area contributed by atoms with Crippen LogP contribution in [-0.2, 0) is 9.59 Å². The third-order valence-electron chi connectivity index (χ3n) is 7.26. The van der Waals surface area contributed by atoms with Crippen LogP contribution >= 0.6 is 0 Å². The van der Waals surface area contributed by atoms with Crippen molar-refractivity contribution in [2.75, 3.05) is 32.1 Å². The highest BCUT2D eigenvalue weighted by atomic mass is 19.4. The van der Waals surface area contributed by atoms with Gasteiger partial charge in [0.25, 0.3) is 11.8 Å². The highest BCUT2D eigenvalue weighted by molar-refractivity contribution is 6.03. The molecule has 2 aromatic rings. The van der Waals surface area contributed by atoms with Crippen molar-refractivity contribution >= 4 is 29.2 Å². The Morgan fingerprint density at radius 2 is 1.61 bits per heavy atom. The molecule has 2 saturated heterocycles. The van der Waals surface area contributed by atoms with Crippen LogP contribution in [-0.4, -0.2) is 85.0 Å². The number of carbonyl (C=O) groups is 4. The zero-order valence-electron chi connectivity index (χ0n) is 23.3. The zero-order valence-corrected chi connectivity index (χ0v) is 23.3. The van der Waals surface area contributed by atoms with Gasteiger partial charge in [-0.05, 0) is 67.3 Å². The van der Waals surface area contributed by atoms with Gasteiger partial charge < -0.3 is 24.8 Å². The minimum Gasteiger partial charge on any atom is -0.406 e. The first kappa shape index (κ1) is 29.9. The summed E-state index contributed by atoms with van der Waals surface area (Å²) in [4.78, 5) is 57.8. The largest absolute Gasteiger partial charge is 0.573 e. The summed E-state index contributed by atoms with van der Waals surface area (Å²) in [7, 11) is 3.77. The van der Waals surface area contributed by atoms with Crippen LogP contribution in [0.4, 0.5) is 18.9 Å². The van der Waals surface area contributed by atoms with E-state index < -0.39 is 42.1 Å². The van der Waals surface area contributed by atoms with E-state index in [-0.39, 0.29) is 36.3 Å². The maximum atomic E-state index is 13.7. The number of Topliss-reactive ketones (excluding diaryl/α,β-unsaturated/α-hetero) is 1. The standard InChI is InChI=1S/C29H33F3N4O5/c1-17(2)15-22(33-26(38)18-5-9-20(10-6-18)34(3)4)28(40)35-14-13-23-25(35)24(37)16-36(23)27(39)19-7-11-21(12-8-19)41-29(30,31)32/h5-12,17,22-23,25H,13-16H2,1-4H3,(H,33,38)/t22-,23+,25-/m0/s1. The first-order valence-electron chi connectivity index (χ1n) is 13.3. The van der Waals surface area contributed by atoms with Crippen LogP contribution in [0.3, 0.4) is 0 Å². The Labute approximate surface area is 236 Å². The molecule has 0 spiro atoms. The van der Waals surface area contributed by atoms with E-state index in [1.807, 2.05) is 32.8 Å². The molecule has 2 heterocycles. The second-order valence-electron chi connectivity index (χ2n) is 10.9. The molecule has 3 atom stereocenters. The summed E-state index contributed by atoms with van der Waals surface area (Å²) < 4.78 is 41.3. The van der Waals surface area contributed by atoms with Crippen molar-refractivity contribution in [3.05, 3.63) is 59.7 Å². The fourth-order valence-electron chi connectivity index (χ4n) is 5.35. The van der Waals surface area contributed by atoms with E-state index in [9.17, 15) is 32.3 Å². The Hall–Kier alpha value is -4.09. The fraction of sp³-hybridized carbons (Fsp3) is 0.448. The molecule has 0 bridgehead atoms. The Bertz CT molecular complexity index is 1300. The van der Waals surface area contributed by atoms with Gasteiger partial charge in [0.15, 0.2) is 5.78 Å². The molecule has 3 amide bonds. The minimum atomic E-state index is -4.86. The molecular formula is C29H33F3N4O5. The highest BCUT2D eigenvalue weighted by Gasteiger charge is 2.52. The van der Waals surface area contributed by atoms with Crippen LogP contribution in [0.2, 0.25) is 0 Å². The van der Waals surface area contributed by atoms with Crippen molar-refractivity contribution in [3.8, 4) is 5.75 Å². The first-order chi connectivity index (χ1) is 19.2. The van der Waals surface area contributed by atoms with Crippen LogP contribution in [0, 0.1) is 5.92 Å². The van der Waals surface area contributed by atoms with Gasteiger partial charge in [-0.2, -0.15) is 0 Å². The summed E-state index contributed by atoms with van der Waals surface area (Å²) >= 11 is 0. The first-order valence-corrected chi connectivity index (χ1v) is 13.3. The Morgan fingerprint density at radius 3 is 2.17 bits per heavy atom. The second-order valence-corrected chi connectivity index (χ2v) is 10.9. The number of hydrogen-bond donors (Lipinski definition) is 1. The van der Waals surface area contributed by atoms with Gasteiger partial charge in [0.1, 0.15) is 17.8 Å². The molecule has 0 saturated carbocycles. The summed E-state index contributed by atoms with van der Waals surface area (Å²) in [5.41, 5.74) is 1.42. The van der Waals surface area contributed by atoms with Crippen molar-refractivity contribution in [1.29, 1.82) is 0 Å². The van der Waals surface area contributed by atoms with Crippen molar-refractivity contribution in [2.24, 2.45) is 5.92 Å². The number of fused-ring (bicyclic) bond motifs is 1. The highest BCUT2D eigenvalue weighted by Crippen LogP contribution is 2.32. The molecule has 9 nitrogen and oxygen atoms in total. The third-order valence-corrected chi connectivity index (χ3v) is 7.26. The lowest BCUT2D eigenvalue weighted by Crippen LogP contribution is -2.53. The number of anilines is 1. The molecular weight excluding hydrogens is 541 g/mol. The number of amides is 3. The molecule has 0 radical (unpaired) electrons. The monoisotopic (exact) mass is 574 g/mol. The van der Waals surface area contributed by atoms with E-state index in [2.05, 4.69) is 10.1 Å². The Balaban J connectivity index is 1.47. The molecule has 0 aliphatic carbocycles. The molecule has 41 heavy (non-hydrogen) atoms. The third kappa shape index (κ3) is 6.80. The van der Waals surface area contributed by atoms with Gasteiger partial charge in [-0.25, -0.2) is 0 Å². The number of benzene rings is 2. The van der Waals surface area contributed by atoms with Crippen LogP contribution in [0.15, 0.2) is 48.5 Å². The fourth-order valence-corrected chi connectivity index (χ4v) is 5.35. The molecule has 2 aliphatic heterocycles. The number of likely N-dealkylation sites (tertiary alicyclic amines) is 2. The van der Waals surface area contributed by atoms with Gasteiger partial charge in [-0.1, -0.05) is 13.8 Å². The molecule has 2 aliphatic rings. The van der Waals surface area contributed by atoms with E-state index in [4.69, 9.17) is 0 Å². The number of ketones is 1. The lowest BCUT2D eigenvalue weighted by molar-refractivity contribution is -0.274. The van der Waals surface area contributed by atoms with Gasteiger partial charge >= 0.3 is 6.36 Å². The lowest BCUT2D eigenvalue weighted by atomic mass is 10.0. The Kier molecular flexibility index (Phi) is 8.60. The summed E-state index contributed by atoms with van der Waals surface area (Å²) in [5, 5.41) is 2.84. The molecule has 0 aromatic heterocycles. The molecule has 12 heteroatoms. The summed E-state index contributed by atoms with van der Waals surface area (Å²) in [5.74, 6) is -2.01. The lowest BCUT2D eigenvalue weighted by Gasteiger charge is -2.29. The molecule has 2 aromatic carbocycles. The van der Waals surface area contributed by atoms with E-state index >= 15 is 0 Å². The van der Waals surface area contributed by atoms with Crippen LogP contribution in [0.1, 0.15) is 47.4 Å². The normalized spacial score (nSPS) is 19.3. The molecule has 1 N–H and O–H groups in total. The number of hydrogen-bond acceptors (Lipinski definition) is 6. The van der Waals surface area contributed by atoms with E-state index in [1.54, 1.807) is 24.3 Å². The van der Waals surface area contributed by atoms with Crippen LogP contribution in [0.5, 0.6) is 5.75 Å². The number of alkyl halides is 3. The number of nitrogens with zero attached hydrogens (tertiary/aromatic N) is 3. The molecule has 2 fully saturated rings. The van der Waals surface area contributed by atoms with E-state index in [0.29, 0.717) is 18.4 Å². The number of carbonyl (C=O) groups excluding carboxylic acids is 4. The predicted octanol–water partition coefficient (Wildman–Crippen LogP) is 3.49. The van der Waals surface area contributed by atoms with Gasteiger partial charge in [0.05, 0.1) is 12.6 Å². The number of rotatable bonds is 8. The van der Waals surface area contributed by atoms with Crippen LogP contribution < -0.4 is 15.0 Å². The van der Waals surface area contributed by atoms with Crippen molar-refractivity contribution in [1.82, 2.24) is 15.1 Å². The second kappa shape index (κ2) is 11.8. The summed E-state index contributed by atoms with van der Waals surface area (Å²) in [6.45, 7) is 3.86. The average Bonchev–Trinajstić information content (AvgIpc) is 3.48. The van der Waals surface area contributed by atoms with Gasteiger partial charge in [-0.15, -0.1) is 13.2 Å². The van der Waals surface area contributed by atoms with Crippen molar-refractivity contribution in [2.45, 2.75) is 51.2 Å². The van der Waals surface area contributed by atoms with Crippen molar-refractivity contribution < 1.29 is 37.1 Å². The predicted molar refractivity (Wildman–Crippen MR) is 145 cm³/mol. The minimum absolute atomic E-state index is 0.0698. The zero-order chi connectivity index (χ0) is 30.1. The number of ether oxygens (including phenoxy) is 1. The Morgan fingerprint density at radius 1 is 1.00 bits per heavy atom. The SMILES string of the molecule is CC(C)C[C@H](NC(=O)c1ccc(N(C)C)cc1)C(=O)N1CC[C@@H]2[C@H]1C(=O)CN2C(=O)c1ccc(OC(F)(F)F)cc1. The van der Waals surface area contributed by atoms with Gasteiger partial charge in [-0.3, -0.25) is 19.2 Å². The van der Waals surface area contributed by atoms with Gasteiger partial charge in [0.2, 0.25) is 5.91 Å². The van der Waals surface area contributed by atoms with Crippen LogP contribution in [0.25, 0.3) is 0 Å². The van der Waals surface area contributed by atoms with Gasteiger partial charge in [0, 0.05) is 37.5 Å². The molecule has 4 rings (SSSR count). The smallest absolute Gasteiger partial charge is 0.406 e. The maximum absolute atomic E-state index is 13.7. The topological polar surface area (TPSA) is 99.3 Å². The maximum Gasteiger partial charge on any atom is 0.573 e. The summed E-state index contributed by atoms with van der Waals surface area (Å²) in [6, 6.07) is 9.16. The van der Waals surface area contributed by atoms with Crippen molar-refractivity contribution in [3.63, 3.8) is 0 Å². The quantitative estimate of drug-likeness (QED) is 0.519. The molecule has 0 unspecified atom stereocenters. The summed E-state index contributed by atoms with van der Waals surface area (Å²) in [6.07, 6.45) is -4.14. The van der Waals surface area contributed by atoms with E-state index in [1.165, 1.54) is 21.9 Å². The molecule has 220 valence electrons. The average molecular weight is 575 g/mol. The number of nitrogens with one attached hydrogen (secondary N) is 1. The van der Waals surface area contributed by atoms with E-state index in [0.717, 1.165) is 17.8 Å².